The minimum atomic E-state index is -1.32. The summed E-state index contributed by atoms with van der Waals surface area (Å²) in [4.78, 5) is 11.5. The molecule has 0 aromatic heterocycles. The van der Waals surface area contributed by atoms with Gasteiger partial charge in [-0.15, -0.1) is 0 Å². The second kappa shape index (κ2) is 5.92. The Kier molecular flexibility index (Phi) is 4.84. The topological polar surface area (TPSA) is 37.3 Å². The van der Waals surface area contributed by atoms with E-state index in [0.717, 1.165) is 25.7 Å². The molecule has 1 atom stereocenters. The molecule has 1 aliphatic rings. The van der Waals surface area contributed by atoms with Gasteiger partial charge in [-0.25, -0.2) is 0 Å². The highest BCUT2D eigenvalue weighted by Crippen LogP contribution is 2.24. The van der Waals surface area contributed by atoms with Crippen LogP contribution in [0.15, 0.2) is 0 Å². The second-order valence-corrected chi connectivity index (χ2v) is 4.25. The van der Waals surface area contributed by atoms with Gasteiger partial charge in [0.25, 0.3) is 0 Å². The Bertz CT molecular complexity index is 272. The van der Waals surface area contributed by atoms with Gasteiger partial charge < -0.3 is 5.11 Å². The Labute approximate surface area is 92.1 Å². The van der Waals surface area contributed by atoms with E-state index in [2.05, 4.69) is 18.8 Å². The summed E-state index contributed by atoms with van der Waals surface area (Å²) in [6.45, 7) is 2.14. The summed E-state index contributed by atoms with van der Waals surface area (Å²) in [7, 11) is 0. The lowest BCUT2D eigenvalue weighted by Crippen LogP contribution is -2.39. The highest BCUT2D eigenvalue weighted by atomic mass is 16.3. The Balaban J connectivity index is 2.43. The molecule has 0 bridgehead atoms. The van der Waals surface area contributed by atoms with Crippen LogP contribution in [-0.4, -0.2) is 16.5 Å². The van der Waals surface area contributed by atoms with Gasteiger partial charge in [0.1, 0.15) is 0 Å². The van der Waals surface area contributed by atoms with Crippen molar-refractivity contribution in [2.75, 3.05) is 0 Å². The predicted octanol–water partition coefficient (Wildman–Crippen LogP) is 2.44. The van der Waals surface area contributed by atoms with Crippen molar-refractivity contribution in [2.24, 2.45) is 0 Å². The molecular weight excluding hydrogens is 188 g/mol. The van der Waals surface area contributed by atoms with E-state index in [1.807, 2.05) is 0 Å². The van der Waals surface area contributed by atoms with Crippen LogP contribution in [0.25, 0.3) is 0 Å². The molecule has 84 valence electrons. The zero-order valence-corrected chi connectivity index (χ0v) is 9.51. The van der Waals surface area contributed by atoms with Gasteiger partial charge in [0.15, 0.2) is 11.4 Å². The van der Waals surface area contributed by atoms with Crippen molar-refractivity contribution in [2.45, 2.75) is 63.9 Å². The van der Waals surface area contributed by atoms with E-state index in [9.17, 15) is 9.90 Å². The van der Waals surface area contributed by atoms with Crippen LogP contribution in [0, 0.1) is 11.8 Å². The fraction of sp³-hybridized carbons (Fsp3) is 0.769. The molecular formula is C13H20O2. The van der Waals surface area contributed by atoms with Gasteiger partial charge in [0, 0.05) is 12.8 Å². The van der Waals surface area contributed by atoms with E-state index in [1.165, 1.54) is 12.8 Å². The van der Waals surface area contributed by atoms with Crippen molar-refractivity contribution in [3.63, 3.8) is 0 Å². The maximum Gasteiger partial charge on any atom is 0.184 e. The van der Waals surface area contributed by atoms with Gasteiger partial charge >= 0.3 is 0 Å². The largest absolute Gasteiger partial charge is 0.371 e. The van der Waals surface area contributed by atoms with E-state index in [1.54, 1.807) is 0 Å². The Morgan fingerprint density at radius 3 is 2.87 bits per heavy atom. The summed E-state index contributed by atoms with van der Waals surface area (Å²) in [6.07, 6.45) is 7.01. The minimum Gasteiger partial charge on any atom is -0.371 e. The molecule has 1 saturated carbocycles. The number of carbonyl (C=O) groups excluding carboxylic acids is 1. The molecule has 0 amide bonds. The van der Waals surface area contributed by atoms with Gasteiger partial charge in [0.05, 0.1) is 0 Å². The molecule has 0 heterocycles. The summed E-state index contributed by atoms with van der Waals surface area (Å²) < 4.78 is 0. The van der Waals surface area contributed by atoms with Gasteiger partial charge in [-0.05, 0) is 25.7 Å². The van der Waals surface area contributed by atoms with Crippen LogP contribution < -0.4 is 0 Å². The predicted molar refractivity (Wildman–Crippen MR) is 60.3 cm³/mol. The Hall–Kier alpha value is -0.810. The molecule has 0 saturated heterocycles. The smallest absolute Gasteiger partial charge is 0.184 e. The third-order valence-corrected chi connectivity index (χ3v) is 2.85. The first-order valence-electron chi connectivity index (χ1n) is 5.95. The molecule has 0 spiro atoms. The molecule has 1 unspecified atom stereocenters. The van der Waals surface area contributed by atoms with Crippen molar-refractivity contribution >= 4 is 5.78 Å². The summed E-state index contributed by atoms with van der Waals surface area (Å²) in [5, 5.41) is 9.97. The van der Waals surface area contributed by atoms with E-state index in [-0.39, 0.29) is 5.78 Å². The molecule has 1 rings (SSSR count). The van der Waals surface area contributed by atoms with Crippen LogP contribution in [0.4, 0.5) is 0 Å². The first-order chi connectivity index (χ1) is 7.19. The van der Waals surface area contributed by atoms with E-state index in [4.69, 9.17) is 0 Å². The lowest BCUT2D eigenvalue weighted by molar-refractivity contribution is -0.134. The number of Topliss-reactive ketones (excluding diaryl/α,β-unsaturated/α-hetero) is 1. The van der Waals surface area contributed by atoms with Crippen LogP contribution in [0.5, 0.6) is 0 Å². The SMILES string of the molecule is CCCCCC#CC1(O)CCCCC1=O. The average Bonchev–Trinajstić information content (AvgIpc) is 2.23. The highest BCUT2D eigenvalue weighted by molar-refractivity contribution is 5.91. The van der Waals surface area contributed by atoms with Crippen molar-refractivity contribution in [1.29, 1.82) is 0 Å². The number of aliphatic hydroxyl groups is 1. The van der Waals surface area contributed by atoms with E-state index in [0.29, 0.717) is 12.8 Å². The van der Waals surface area contributed by atoms with Crippen LogP contribution >= 0.6 is 0 Å². The number of carbonyl (C=O) groups is 1. The maximum absolute atomic E-state index is 11.5. The number of unbranched alkanes of at least 4 members (excludes halogenated alkanes) is 3. The van der Waals surface area contributed by atoms with Gasteiger partial charge in [0.2, 0.25) is 0 Å². The van der Waals surface area contributed by atoms with Crippen molar-refractivity contribution in [3.8, 4) is 11.8 Å². The molecule has 0 aliphatic heterocycles. The normalized spacial score (nSPS) is 25.9. The summed E-state index contributed by atoms with van der Waals surface area (Å²) in [5.74, 6) is 5.62. The third-order valence-electron chi connectivity index (χ3n) is 2.85. The molecule has 0 aromatic rings. The molecule has 15 heavy (non-hydrogen) atoms. The van der Waals surface area contributed by atoms with Crippen molar-refractivity contribution < 1.29 is 9.90 Å². The quantitative estimate of drug-likeness (QED) is 0.571. The second-order valence-electron chi connectivity index (χ2n) is 4.25. The lowest BCUT2D eigenvalue weighted by Gasteiger charge is -2.24. The molecule has 0 radical (unpaired) electrons. The van der Waals surface area contributed by atoms with Crippen molar-refractivity contribution in [1.82, 2.24) is 0 Å². The first-order valence-corrected chi connectivity index (χ1v) is 5.95. The number of hydrogen-bond donors (Lipinski definition) is 1. The molecule has 1 aliphatic carbocycles. The molecule has 0 aromatic carbocycles. The monoisotopic (exact) mass is 208 g/mol. The average molecular weight is 208 g/mol. The van der Waals surface area contributed by atoms with Crippen molar-refractivity contribution in [3.05, 3.63) is 0 Å². The molecule has 2 heteroatoms. The first kappa shape index (κ1) is 12.3. The van der Waals surface area contributed by atoms with E-state index >= 15 is 0 Å². The molecule has 2 nitrogen and oxygen atoms in total. The zero-order valence-electron chi connectivity index (χ0n) is 9.51. The van der Waals surface area contributed by atoms with Gasteiger partial charge in [-0.3, -0.25) is 4.79 Å². The number of hydrogen-bond acceptors (Lipinski definition) is 2. The third kappa shape index (κ3) is 3.68. The zero-order chi connectivity index (χ0) is 11.1. The van der Waals surface area contributed by atoms with E-state index < -0.39 is 5.60 Å². The lowest BCUT2D eigenvalue weighted by atomic mass is 9.84. The maximum atomic E-state index is 11.5. The number of rotatable bonds is 3. The minimum absolute atomic E-state index is 0.0864. The van der Waals surface area contributed by atoms with Crippen LogP contribution in [-0.2, 0) is 4.79 Å². The van der Waals surface area contributed by atoms with Gasteiger partial charge in [-0.2, -0.15) is 0 Å². The van der Waals surface area contributed by atoms with Crippen LogP contribution in [0.3, 0.4) is 0 Å². The summed E-state index contributed by atoms with van der Waals surface area (Å²) in [5.41, 5.74) is -1.32. The van der Waals surface area contributed by atoms with Crippen LogP contribution in [0.1, 0.15) is 58.3 Å². The van der Waals surface area contributed by atoms with Crippen LogP contribution in [0.2, 0.25) is 0 Å². The highest BCUT2D eigenvalue weighted by Gasteiger charge is 2.35. The molecule has 1 fully saturated rings. The molecule has 1 N–H and O–H groups in total. The Morgan fingerprint density at radius 2 is 2.20 bits per heavy atom. The summed E-state index contributed by atoms with van der Waals surface area (Å²) >= 11 is 0. The standard InChI is InChI=1S/C13H20O2/c1-2-3-4-5-7-10-13(15)11-8-6-9-12(13)14/h15H,2-6,8-9,11H2,1H3. The van der Waals surface area contributed by atoms with Gasteiger partial charge in [-0.1, -0.05) is 31.6 Å². The number of ketones is 1. The Morgan fingerprint density at radius 1 is 1.40 bits per heavy atom. The fourth-order valence-corrected chi connectivity index (χ4v) is 1.82. The summed E-state index contributed by atoms with van der Waals surface area (Å²) in [6, 6.07) is 0. The fourth-order valence-electron chi connectivity index (χ4n) is 1.82.